The summed E-state index contributed by atoms with van der Waals surface area (Å²) in [5.74, 6) is -3.14. The molecule has 0 aliphatic carbocycles. The number of aromatic nitrogens is 2. The summed E-state index contributed by atoms with van der Waals surface area (Å²) in [6.07, 6.45) is -3.23. The maximum Gasteiger partial charge on any atom is 0.451 e. The Morgan fingerprint density at radius 2 is 1.72 bits per heavy atom. The number of carbonyl (C=O) groups is 1. The van der Waals surface area contributed by atoms with Crippen LogP contribution in [0.5, 0.6) is 0 Å². The molecule has 1 saturated heterocycles. The second-order valence-electron chi connectivity index (χ2n) is 9.04. The Morgan fingerprint density at radius 3 is 2.31 bits per heavy atom. The molecule has 0 saturated carbocycles. The van der Waals surface area contributed by atoms with Crippen molar-refractivity contribution in [3.63, 3.8) is 0 Å². The number of sulfonamides is 1. The first-order valence-corrected chi connectivity index (χ1v) is 13.1. The van der Waals surface area contributed by atoms with E-state index in [2.05, 4.69) is 14.8 Å². The number of ketones is 1. The van der Waals surface area contributed by atoms with Crippen LogP contribution in [0.3, 0.4) is 0 Å². The summed E-state index contributed by atoms with van der Waals surface area (Å²) in [4.78, 5) is 23.1. The molecule has 0 amide bonds. The predicted octanol–water partition coefficient (Wildman–Crippen LogP) is 5.08. The Balaban J connectivity index is 1.55. The van der Waals surface area contributed by atoms with Crippen LogP contribution >= 0.6 is 0 Å². The van der Waals surface area contributed by atoms with Crippen LogP contribution in [-0.2, 0) is 27.4 Å². The summed E-state index contributed by atoms with van der Waals surface area (Å²) in [5, 5.41) is 0. The third kappa shape index (κ3) is 5.81. The topological polar surface area (TPSA) is 84.6 Å². The van der Waals surface area contributed by atoms with E-state index in [1.54, 1.807) is 0 Å². The highest BCUT2D eigenvalue weighted by Crippen LogP contribution is 2.34. The highest BCUT2D eigenvalue weighted by molar-refractivity contribution is 7.89. The first-order chi connectivity index (χ1) is 18.3. The Hall–Kier alpha value is -3.76. The molecule has 13 heteroatoms. The van der Waals surface area contributed by atoms with Crippen molar-refractivity contribution in [2.75, 3.05) is 0 Å². The van der Waals surface area contributed by atoms with E-state index in [9.17, 15) is 35.2 Å². The van der Waals surface area contributed by atoms with Gasteiger partial charge < -0.3 is 4.85 Å². The van der Waals surface area contributed by atoms with E-state index in [0.717, 1.165) is 47.0 Å². The van der Waals surface area contributed by atoms with Gasteiger partial charge in [-0.2, -0.15) is 17.5 Å². The second kappa shape index (κ2) is 10.8. The Kier molecular flexibility index (Phi) is 7.81. The zero-order valence-corrected chi connectivity index (χ0v) is 21.2. The number of Topliss-reactive ketones (excluding diaryl/α,β-unsaturated/α-hetero) is 1. The summed E-state index contributed by atoms with van der Waals surface area (Å²) in [7, 11) is -4.26. The number of hydrogen-bond donors (Lipinski definition) is 0. The summed E-state index contributed by atoms with van der Waals surface area (Å²) < 4.78 is 93.9. The molecule has 2 heterocycles. The van der Waals surface area contributed by atoms with Crippen molar-refractivity contribution >= 4 is 15.8 Å². The molecule has 204 valence electrons. The van der Waals surface area contributed by atoms with Crippen LogP contribution < -0.4 is 0 Å². The minimum atomic E-state index is -4.71. The highest BCUT2D eigenvalue weighted by Gasteiger charge is 2.51. The number of benzene rings is 2. The lowest BCUT2D eigenvalue weighted by Gasteiger charge is -2.26. The average molecular weight is 565 g/mol. The largest absolute Gasteiger partial charge is 0.451 e. The number of alkyl halides is 3. The average Bonchev–Trinajstić information content (AvgIpc) is 3.25. The molecular formula is C26H21F5N4O3S. The summed E-state index contributed by atoms with van der Waals surface area (Å²) in [6.45, 7) is 8.95. The van der Waals surface area contributed by atoms with Gasteiger partial charge in [0.2, 0.25) is 21.9 Å². The van der Waals surface area contributed by atoms with Crippen LogP contribution in [0.4, 0.5) is 22.0 Å². The lowest BCUT2D eigenvalue weighted by molar-refractivity contribution is -0.145. The van der Waals surface area contributed by atoms with Gasteiger partial charge in [-0.3, -0.25) is 4.79 Å². The molecule has 2 aromatic carbocycles. The molecule has 0 N–H and O–H groups in total. The zero-order chi connectivity index (χ0) is 28.5. The molecule has 0 bridgehead atoms. The third-order valence-electron chi connectivity index (χ3n) is 6.58. The SMILES string of the molecule is [C-]#[N+][C@@H]1C[C@@H](C(=O)CCc2cc(-c3cnc(C(F)(F)F)nc3)ccc2F)N(S(=O)(=O)c2ccc(F)cc2)[C@H]1C. The number of carbonyl (C=O) groups excluding carboxylic acids is 1. The summed E-state index contributed by atoms with van der Waals surface area (Å²) >= 11 is 0. The lowest BCUT2D eigenvalue weighted by atomic mass is 9.98. The van der Waals surface area contributed by atoms with Gasteiger partial charge in [0.25, 0.3) is 0 Å². The standard InChI is InChI=1S/C26H21F5N4O3S/c1-15-22(32-2)12-23(35(15)39(37,38)20-7-5-19(27)6-8-20)24(36)10-4-17-11-16(3-9-21(17)28)18-13-33-25(34-14-18)26(29,30)31/h3,5-9,11,13-15,22-23H,4,10,12H2,1H3/t15-,22+,23-/m0/s1. The molecule has 1 fully saturated rings. The van der Waals surface area contributed by atoms with Crippen LogP contribution in [-0.4, -0.2) is 46.6 Å². The van der Waals surface area contributed by atoms with Crippen LogP contribution in [0.15, 0.2) is 59.8 Å². The molecular weight excluding hydrogens is 543 g/mol. The molecule has 7 nitrogen and oxygen atoms in total. The van der Waals surface area contributed by atoms with E-state index in [0.29, 0.717) is 5.56 Å². The molecule has 3 atom stereocenters. The van der Waals surface area contributed by atoms with E-state index in [1.165, 1.54) is 19.1 Å². The predicted molar refractivity (Wildman–Crippen MR) is 129 cm³/mol. The smallest absolute Gasteiger partial charge is 0.312 e. The fourth-order valence-corrected chi connectivity index (χ4v) is 6.37. The Labute approximate surface area is 221 Å². The van der Waals surface area contributed by atoms with Crippen LogP contribution in [0.25, 0.3) is 16.0 Å². The maximum atomic E-state index is 14.6. The first kappa shape index (κ1) is 28.3. The zero-order valence-electron chi connectivity index (χ0n) is 20.4. The number of hydrogen-bond acceptors (Lipinski definition) is 5. The molecule has 4 rings (SSSR count). The molecule has 1 aromatic heterocycles. The fraction of sp³-hybridized carbons (Fsp3) is 0.308. The van der Waals surface area contributed by atoms with Crippen molar-refractivity contribution in [3.8, 4) is 11.1 Å². The van der Waals surface area contributed by atoms with Gasteiger partial charge in [-0.15, -0.1) is 0 Å². The molecule has 39 heavy (non-hydrogen) atoms. The second-order valence-corrected chi connectivity index (χ2v) is 10.9. The molecule has 1 aliphatic rings. The van der Waals surface area contributed by atoms with Gasteiger partial charge in [0.15, 0.2) is 5.78 Å². The summed E-state index contributed by atoms with van der Waals surface area (Å²) in [5.41, 5.74) is 0.619. The third-order valence-corrected chi connectivity index (χ3v) is 8.59. The minimum absolute atomic E-state index is 0.0463. The van der Waals surface area contributed by atoms with Crippen molar-refractivity contribution < 1.29 is 35.2 Å². The van der Waals surface area contributed by atoms with Crippen LogP contribution in [0, 0.1) is 18.2 Å². The van der Waals surface area contributed by atoms with Gasteiger partial charge in [0.05, 0.1) is 17.0 Å². The molecule has 0 spiro atoms. The number of rotatable bonds is 7. The molecule has 3 aromatic rings. The maximum absolute atomic E-state index is 14.6. The van der Waals surface area contributed by atoms with E-state index in [-0.39, 0.29) is 35.3 Å². The van der Waals surface area contributed by atoms with E-state index in [4.69, 9.17) is 6.57 Å². The van der Waals surface area contributed by atoms with Gasteiger partial charge in [-0.1, -0.05) is 6.07 Å². The number of halogens is 5. The first-order valence-electron chi connectivity index (χ1n) is 11.7. The van der Waals surface area contributed by atoms with Gasteiger partial charge in [0.1, 0.15) is 11.6 Å². The summed E-state index contributed by atoms with van der Waals surface area (Å²) in [6, 6.07) is 5.13. The van der Waals surface area contributed by atoms with Gasteiger partial charge in [-0.25, -0.2) is 33.7 Å². The van der Waals surface area contributed by atoms with Gasteiger partial charge in [0, 0.05) is 30.8 Å². The normalized spacial score (nSPS) is 20.1. The number of nitrogens with zero attached hydrogens (tertiary/aromatic N) is 4. The van der Waals surface area contributed by atoms with E-state index < -0.39 is 57.6 Å². The molecule has 0 radical (unpaired) electrons. The van der Waals surface area contributed by atoms with Gasteiger partial charge in [-0.05, 0) is 60.9 Å². The van der Waals surface area contributed by atoms with E-state index in [1.807, 2.05) is 0 Å². The molecule has 1 aliphatic heterocycles. The minimum Gasteiger partial charge on any atom is -0.312 e. The Bertz CT molecular complexity index is 1520. The van der Waals surface area contributed by atoms with Crippen molar-refractivity contribution in [2.45, 2.75) is 55.4 Å². The number of aryl methyl sites for hydroxylation is 1. The van der Waals surface area contributed by atoms with E-state index >= 15 is 0 Å². The fourth-order valence-electron chi connectivity index (χ4n) is 4.53. The monoisotopic (exact) mass is 564 g/mol. The Morgan fingerprint density at radius 1 is 1.08 bits per heavy atom. The molecule has 0 unspecified atom stereocenters. The van der Waals surface area contributed by atoms with Crippen molar-refractivity contribution in [1.29, 1.82) is 0 Å². The van der Waals surface area contributed by atoms with Crippen molar-refractivity contribution in [3.05, 3.63) is 89.3 Å². The van der Waals surface area contributed by atoms with Crippen molar-refractivity contribution in [2.24, 2.45) is 0 Å². The van der Waals surface area contributed by atoms with Crippen LogP contribution in [0.1, 0.15) is 31.2 Å². The van der Waals surface area contributed by atoms with Gasteiger partial charge >= 0.3 is 6.18 Å². The quantitative estimate of drug-likeness (QED) is 0.295. The lowest BCUT2D eigenvalue weighted by Crippen LogP contribution is -2.44. The van der Waals surface area contributed by atoms with Crippen molar-refractivity contribution in [1.82, 2.24) is 14.3 Å². The van der Waals surface area contributed by atoms with Crippen LogP contribution in [0.2, 0.25) is 0 Å². The highest BCUT2D eigenvalue weighted by atomic mass is 32.2.